The van der Waals surface area contributed by atoms with E-state index in [9.17, 15) is 23.1 Å². The molecule has 0 aliphatic carbocycles. The summed E-state index contributed by atoms with van der Waals surface area (Å²) in [4.78, 5) is 25.2. The number of hydrogen-bond acceptors (Lipinski definition) is 6. The van der Waals surface area contributed by atoms with Crippen LogP contribution in [0.25, 0.3) is 0 Å². The second-order valence-corrected chi connectivity index (χ2v) is 8.88. The summed E-state index contributed by atoms with van der Waals surface area (Å²) in [5, 5.41) is 13.8. The van der Waals surface area contributed by atoms with Crippen molar-refractivity contribution in [3.63, 3.8) is 0 Å². The van der Waals surface area contributed by atoms with Crippen LogP contribution in [0.2, 0.25) is 0 Å². The van der Waals surface area contributed by atoms with Gasteiger partial charge in [-0.15, -0.1) is 0 Å². The molecule has 0 bridgehead atoms. The highest BCUT2D eigenvalue weighted by molar-refractivity contribution is 7.90. The van der Waals surface area contributed by atoms with Crippen LogP contribution >= 0.6 is 0 Å². The van der Waals surface area contributed by atoms with Crippen molar-refractivity contribution in [1.29, 1.82) is 0 Å². The lowest BCUT2D eigenvalue weighted by atomic mass is 9.86. The van der Waals surface area contributed by atoms with Gasteiger partial charge in [-0.1, -0.05) is 66.7 Å². The number of sulfone groups is 1. The van der Waals surface area contributed by atoms with Crippen LogP contribution in [0.4, 0.5) is 5.69 Å². The van der Waals surface area contributed by atoms with Gasteiger partial charge in [0.25, 0.3) is 5.91 Å². The molecule has 0 aliphatic rings. The summed E-state index contributed by atoms with van der Waals surface area (Å²) in [7, 11) is -3.44. The smallest absolute Gasteiger partial charge is 0.348 e. The zero-order chi connectivity index (χ0) is 22.5. The molecule has 7 nitrogen and oxygen atoms in total. The Morgan fingerprint density at radius 3 is 1.97 bits per heavy atom. The number of rotatable bonds is 7. The molecule has 0 fully saturated rings. The van der Waals surface area contributed by atoms with Crippen LogP contribution < -0.4 is 5.32 Å². The third-order valence-electron chi connectivity index (χ3n) is 4.56. The SMILES string of the molecule is CS(=O)(=O)c1cccc(NC(=O)COC(=O)C(O)(c2ccccc2)c2ccccc2)c1. The molecule has 3 aromatic carbocycles. The van der Waals surface area contributed by atoms with E-state index in [4.69, 9.17) is 4.74 Å². The lowest BCUT2D eigenvalue weighted by Crippen LogP contribution is -2.39. The van der Waals surface area contributed by atoms with Crippen molar-refractivity contribution in [1.82, 2.24) is 0 Å². The maximum atomic E-state index is 12.9. The van der Waals surface area contributed by atoms with Crippen molar-refractivity contribution >= 4 is 27.4 Å². The first-order chi connectivity index (χ1) is 14.7. The summed E-state index contributed by atoms with van der Waals surface area (Å²) in [6.07, 6.45) is 1.06. The summed E-state index contributed by atoms with van der Waals surface area (Å²) in [6.45, 7) is -0.663. The number of amides is 1. The van der Waals surface area contributed by atoms with Gasteiger partial charge < -0.3 is 15.2 Å². The molecule has 31 heavy (non-hydrogen) atoms. The summed E-state index contributed by atoms with van der Waals surface area (Å²) >= 11 is 0. The fraction of sp³-hybridized carbons (Fsp3) is 0.130. The van der Waals surface area contributed by atoms with Crippen molar-refractivity contribution in [3.8, 4) is 0 Å². The molecule has 0 spiro atoms. The maximum Gasteiger partial charge on any atom is 0.348 e. The summed E-state index contributed by atoms with van der Waals surface area (Å²) < 4.78 is 28.4. The Kier molecular flexibility index (Phi) is 6.53. The highest BCUT2D eigenvalue weighted by Gasteiger charge is 2.41. The minimum atomic E-state index is -3.44. The molecule has 160 valence electrons. The van der Waals surface area contributed by atoms with E-state index in [2.05, 4.69) is 5.32 Å². The summed E-state index contributed by atoms with van der Waals surface area (Å²) in [5.74, 6) is -1.69. The lowest BCUT2D eigenvalue weighted by molar-refractivity contribution is -0.163. The van der Waals surface area contributed by atoms with Crippen LogP contribution in [0.1, 0.15) is 11.1 Å². The third kappa shape index (κ3) is 5.17. The number of ether oxygens (including phenoxy) is 1. The van der Waals surface area contributed by atoms with Crippen molar-refractivity contribution in [2.45, 2.75) is 10.5 Å². The average molecular weight is 439 g/mol. The van der Waals surface area contributed by atoms with Crippen molar-refractivity contribution < 1.29 is 27.9 Å². The van der Waals surface area contributed by atoms with E-state index in [1.165, 1.54) is 24.3 Å². The van der Waals surface area contributed by atoms with E-state index in [0.29, 0.717) is 11.1 Å². The largest absolute Gasteiger partial charge is 0.453 e. The summed E-state index contributed by atoms with van der Waals surface area (Å²) in [6, 6.07) is 22.3. The first kappa shape index (κ1) is 22.2. The molecular formula is C23H21NO6S. The second-order valence-electron chi connectivity index (χ2n) is 6.87. The molecule has 0 unspecified atom stereocenters. The molecule has 0 saturated carbocycles. The van der Waals surface area contributed by atoms with E-state index in [0.717, 1.165) is 6.26 Å². The Hall–Kier alpha value is -3.49. The molecular weight excluding hydrogens is 418 g/mol. The molecule has 2 N–H and O–H groups in total. The Balaban J connectivity index is 1.75. The lowest BCUT2D eigenvalue weighted by Gasteiger charge is -2.26. The molecule has 0 heterocycles. The van der Waals surface area contributed by atoms with E-state index < -0.39 is 33.9 Å². The predicted octanol–water partition coefficient (Wildman–Crippen LogP) is 2.51. The molecule has 0 saturated heterocycles. The fourth-order valence-electron chi connectivity index (χ4n) is 3.00. The van der Waals surface area contributed by atoms with E-state index in [1.54, 1.807) is 60.7 Å². The molecule has 0 radical (unpaired) electrons. The summed E-state index contributed by atoms with van der Waals surface area (Å²) in [5.41, 5.74) is -1.26. The molecule has 1 amide bonds. The van der Waals surface area contributed by atoms with Gasteiger partial charge in [-0.2, -0.15) is 0 Å². The van der Waals surface area contributed by atoms with Gasteiger partial charge in [-0.05, 0) is 29.3 Å². The van der Waals surface area contributed by atoms with Crippen LogP contribution in [0.15, 0.2) is 89.8 Å². The highest BCUT2D eigenvalue weighted by Crippen LogP contribution is 2.31. The number of benzene rings is 3. The minimum absolute atomic E-state index is 0.0461. The normalized spacial score (nSPS) is 11.5. The number of aliphatic hydroxyl groups is 1. The van der Waals surface area contributed by atoms with Crippen LogP contribution in [0.3, 0.4) is 0 Å². The topological polar surface area (TPSA) is 110 Å². The van der Waals surface area contributed by atoms with Crippen LogP contribution in [-0.2, 0) is 29.8 Å². The molecule has 3 rings (SSSR count). The van der Waals surface area contributed by atoms with Gasteiger partial charge in [-0.3, -0.25) is 4.79 Å². The van der Waals surface area contributed by atoms with Crippen LogP contribution in [0, 0.1) is 0 Å². The monoisotopic (exact) mass is 439 g/mol. The van der Waals surface area contributed by atoms with Gasteiger partial charge >= 0.3 is 5.97 Å². The first-order valence-corrected chi connectivity index (χ1v) is 11.2. The maximum absolute atomic E-state index is 12.9. The van der Waals surface area contributed by atoms with Gasteiger partial charge in [-0.25, -0.2) is 13.2 Å². The van der Waals surface area contributed by atoms with Crippen LogP contribution in [-0.4, -0.2) is 38.3 Å². The third-order valence-corrected chi connectivity index (χ3v) is 5.67. The predicted molar refractivity (Wildman–Crippen MR) is 115 cm³/mol. The molecule has 8 heteroatoms. The first-order valence-electron chi connectivity index (χ1n) is 9.32. The van der Waals surface area contributed by atoms with E-state index in [1.807, 2.05) is 0 Å². The molecule has 0 aromatic heterocycles. The number of esters is 1. The fourth-order valence-corrected chi connectivity index (χ4v) is 3.66. The van der Waals surface area contributed by atoms with Gasteiger partial charge in [0.05, 0.1) is 4.90 Å². The van der Waals surface area contributed by atoms with Crippen molar-refractivity contribution in [2.75, 3.05) is 18.2 Å². The van der Waals surface area contributed by atoms with Crippen molar-refractivity contribution in [2.24, 2.45) is 0 Å². The molecule has 0 aliphatic heterocycles. The van der Waals surface area contributed by atoms with E-state index >= 15 is 0 Å². The quantitative estimate of drug-likeness (QED) is 0.548. The standard InChI is InChI=1S/C23H21NO6S/c1-31(28,29)20-14-8-13-19(15-20)24-21(25)16-30-22(26)23(27,17-9-4-2-5-10-17)18-11-6-3-7-12-18/h2-15,27H,16H2,1H3,(H,24,25). The van der Waals surface area contributed by atoms with Crippen LogP contribution in [0.5, 0.6) is 0 Å². The van der Waals surface area contributed by atoms with Crippen molar-refractivity contribution in [3.05, 3.63) is 96.1 Å². The number of nitrogens with one attached hydrogen (secondary N) is 1. The Labute approximate surface area is 180 Å². The number of anilines is 1. The van der Waals surface area contributed by atoms with Gasteiger partial charge in [0.2, 0.25) is 5.60 Å². The molecule has 0 atom stereocenters. The number of carbonyl (C=O) groups excluding carboxylic acids is 2. The average Bonchev–Trinajstić information content (AvgIpc) is 2.77. The van der Waals surface area contributed by atoms with Gasteiger partial charge in [0.15, 0.2) is 16.4 Å². The zero-order valence-electron chi connectivity index (χ0n) is 16.7. The molecule has 3 aromatic rings. The highest BCUT2D eigenvalue weighted by atomic mass is 32.2. The minimum Gasteiger partial charge on any atom is -0.453 e. The Morgan fingerprint density at radius 1 is 0.903 bits per heavy atom. The Bertz CT molecular complexity index is 1140. The second kappa shape index (κ2) is 9.11. The number of carbonyl (C=O) groups is 2. The van der Waals surface area contributed by atoms with Gasteiger partial charge in [0.1, 0.15) is 0 Å². The van der Waals surface area contributed by atoms with Gasteiger partial charge in [0, 0.05) is 11.9 Å². The number of hydrogen-bond donors (Lipinski definition) is 2. The zero-order valence-corrected chi connectivity index (χ0v) is 17.5. The Morgan fingerprint density at radius 2 is 1.45 bits per heavy atom. The van der Waals surface area contributed by atoms with E-state index in [-0.39, 0.29) is 10.6 Å².